The maximum Gasteiger partial charge on any atom is 0.416 e. The van der Waals surface area contributed by atoms with Crippen LogP contribution in [-0.4, -0.2) is 42.9 Å². The quantitative estimate of drug-likeness (QED) is 0.331. The van der Waals surface area contributed by atoms with E-state index in [-0.39, 0.29) is 5.75 Å². The van der Waals surface area contributed by atoms with Crippen molar-refractivity contribution in [3.8, 4) is 0 Å². The summed E-state index contributed by atoms with van der Waals surface area (Å²) in [7, 11) is -1.30. The van der Waals surface area contributed by atoms with Gasteiger partial charge in [0, 0.05) is 30.9 Å². The predicted molar refractivity (Wildman–Crippen MR) is 141 cm³/mol. The third-order valence-corrected chi connectivity index (χ3v) is 6.16. The maximum absolute atomic E-state index is 11.9. The number of nitrogens with zero attached hydrogens (tertiary/aromatic N) is 4. The first-order valence-corrected chi connectivity index (χ1v) is 13.0. The number of carboxylic acid groups (broad SMARTS) is 1. The van der Waals surface area contributed by atoms with Crippen LogP contribution in [0.2, 0.25) is 0 Å². The lowest BCUT2D eigenvalue weighted by molar-refractivity contribution is 0.205. The number of benzene rings is 3. The van der Waals surface area contributed by atoms with E-state index in [1.165, 1.54) is 11.2 Å². The lowest BCUT2D eigenvalue weighted by Gasteiger charge is -2.22. The Hall–Kier alpha value is -4.44. The number of sulfone groups is 1. The number of rotatable bonds is 8. The van der Waals surface area contributed by atoms with E-state index < -0.39 is 15.9 Å². The van der Waals surface area contributed by atoms with Crippen molar-refractivity contribution in [3.05, 3.63) is 96.7 Å². The van der Waals surface area contributed by atoms with Gasteiger partial charge in [-0.2, -0.15) is 4.98 Å². The Kier molecular flexibility index (Phi) is 7.16. The Morgan fingerprint density at radius 2 is 1.58 bits per heavy atom. The number of carbonyl (C=O) groups is 1. The second-order valence-corrected chi connectivity index (χ2v) is 10.3. The molecule has 1 aromatic heterocycles. The Labute approximate surface area is 209 Å². The van der Waals surface area contributed by atoms with Gasteiger partial charge in [0.2, 0.25) is 5.95 Å². The van der Waals surface area contributed by atoms with Crippen LogP contribution in [0.25, 0.3) is 0 Å². The van der Waals surface area contributed by atoms with Crippen LogP contribution in [0.15, 0.2) is 91.1 Å². The molecule has 0 aliphatic carbocycles. The van der Waals surface area contributed by atoms with Gasteiger partial charge in [0.15, 0.2) is 9.84 Å². The van der Waals surface area contributed by atoms with Crippen LogP contribution in [0.1, 0.15) is 5.56 Å². The minimum Gasteiger partial charge on any atom is -0.464 e. The van der Waals surface area contributed by atoms with Crippen molar-refractivity contribution in [1.29, 1.82) is 0 Å². The molecule has 0 radical (unpaired) electrons. The molecule has 2 N–H and O–H groups in total. The molecule has 10 heteroatoms. The van der Waals surface area contributed by atoms with Crippen molar-refractivity contribution in [2.24, 2.45) is 0 Å². The molecule has 184 valence electrons. The fraction of sp³-hybridized carbons (Fsp3) is 0.115. The largest absolute Gasteiger partial charge is 0.464 e. The van der Waals surface area contributed by atoms with Crippen LogP contribution in [0, 0.1) is 0 Å². The monoisotopic (exact) mass is 503 g/mol. The van der Waals surface area contributed by atoms with Crippen LogP contribution >= 0.6 is 0 Å². The molecule has 0 unspecified atom stereocenters. The Morgan fingerprint density at radius 3 is 2.25 bits per heavy atom. The number of aromatic nitrogens is 2. The molecule has 0 spiro atoms. The molecule has 0 fully saturated rings. The molecule has 0 aliphatic rings. The Balaban J connectivity index is 1.52. The number of hydrogen-bond donors (Lipinski definition) is 2. The fourth-order valence-corrected chi connectivity index (χ4v) is 4.46. The van der Waals surface area contributed by atoms with Gasteiger partial charge in [-0.1, -0.05) is 30.3 Å². The molecule has 0 atom stereocenters. The number of nitrogens with one attached hydrogen (secondary N) is 1. The second-order valence-electron chi connectivity index (χ2n) is 8.16. The predicted octanol–water partition coefficient (Wildman–Crippen LogP) is 5.35. The zero-order valence-corrected chi connectivity index (χ0v) is 20.6. The van der Waals surface area contributed by atoms with Crippen molar-refractivity contribution < 1.29 is 18.3 Å². The van der Waals surface area contributed by atoms with Gasteiger partial charge in [-0.25, -0.2) is 23.1 Å². The van der Waals surface area contributed by atoms with Crippen molar-refractivity contribution in [2.45, 2.75) is 5.75 Å². The summed E-state index contributed by atoms with van der Waals surface area (Å²) in [6.07, 6.45) is 1.75. The molecule has 4 rings (SSSR count). The average Bonchev–Trinajstić information content (AvgIpc) is 2.84. The molecule has 1 amide bonds. The summed E-state index contributed by atoms with van der Waals surface area (Å²) in [6, 6.07) is 24.8. The third kappa shape index (κ3) is 6.16. The zero-order valence-electron chi connectivity index (χ0n) is 19.7. The molecule has 1 heterocycles. The Morgan fingerprint density at radius 1 is 0.917 bits per heavy atom. The lowest BCUT2D eigenvalue weighted by Crippen LogP contribution is -2.23. The normalized spacial score (nSPS) is 11.1. The van der Waals surface area contributed by atoms with Gasteiger partial charge in [-0.15, -0.1) is 0 Å². The van der Waals surface area contributed by atoms with Gasteiger partial charge in [0.1, 0.15) is 5.82 Å². The molecule has 0 aliphatic heterocycles. The first-order valence-electron chi connectivity index (χ1n) is 11.0. The Bertz CT molecular complexity index is 1460. The summed E-state index contributed by atoms with van der Waals surface area (Å²) in [6.45, 7) is 0. The summed E-state index contributed by atoms with van der Waals surface area (Å²) < 4.78 is 23.2. The van der Waals surface area contributed by atoms with Gasteiger partial charge in [-0.05, 0) is 60.2 Å². The molecule has 0 saturated heterocycles. The highest BCUT2D eigenvalue weighted by Crippen LogP contribution is 2.29. The summed E-state index contributed by atoms with van der Waals surface area (Å²) in [5.74, 6) is 0.922. The van der Waals surface area contributed by atoms with Crippen LogP contribution in [0.4, 0.5) is 39.3 Å². The number of amides is 1. The molecular weight excluding hydrogens is 478 g/mol. The molecule has 9 nitrogen and oxygen atoms in total. The highest BCUT2D eigenvalue weighted by atomic mass is 32.2. The van der Waals surface area contributed by atoms with Crippen LogP contribution in [-0.2, 0) is 15.6 Å². The van der Waals surface area contributed by atoms with E-state index in [1.54, 1.807) is 66.9 Å². The van der Waals surface area contributed by atoms with Crippen molar-refractivity contribution in [3.63, 3.8) is 0 Å². The first-order chi connectivity index (χ1) is 17.2. The van der Waals surface area contributed by atoms with Crippen LogP contribution < -0.4 is 15.1 Å². The van der Waals surface area contributed by atoms with E-state index in [0.29, 0.717) is 34.4 Å². The van der Waals surface area contributed by atoms with Crippen molar-refractivity contribution in [2.75, 3.05) is 28.4 Å². The van der Waals surface area contributed by atoms with Crippen LogP contribution in [0.5, 0.6) is 0 Å². The fourth-order valence-electron chi connectivity index (χ4n) is 3.67. The topological polar surface area (TPSA) is 116 Å². The van der Waals surface area contributed by atoms with E-state index in [2.05, 4.69) is 15.3 Å². The van der Waals surface area contributed by atoms with E-state index in [4.69, 9.17) is 0 Å². The van der Waals surface area contributed by atoms with Crippen molar-refractivity contribution in [1.82, 2.24) is 9.97 Å². The van der Waals surface area contributed by atoms with Gasteiger partial charge in [0.25, 0.3) is 0 Å². The van der Waals surface area contributed by atoms with Gasteiger partial charge in [-0.3, -0.25) is 0 Å². The summed E-state index contributed by atoms with van der Waals surface area (Å²) in [4.78, 5) is 23.8. The van der Waals surface area contributed by atoms with Gasteiger partial charge in [0.05, 0.1) is 17.1 Å². The SMILES string of the molecule is CN(c1ccc(N(C(=O)O)c2ccccc2)cc1)c1ccnc(Nc2cccc(CS(C)(=O)=O)c2)n1. The summed E-state index contributed by atoms with van der Waals surface area (Å²) in [5.41, 5.74) is 3.22. The minimum absolute atomic E-state index is 0.0499. The van der Waals surface area contributed by atoms with E-state index in [1.807, 2.05) is 36.2 Å². The number of hydrogen-bond acceptors (Lipinski definition) is 7. The number of anilines is 6. The highest BCUT2D eigenvalue weighted by molar-refractivity contribution is 7.89. The lowest BCUT2D eigenvalue weighted by atomic mass is 10.2. The average molecular weight is 504 g/mol. The van der Waals surface area contributed by atoms with Gasteiger partial charge >= 0.3 is 6.09 Å². The second kappa shape index (κ2) is 10.4. The summed E-state index contributed by atoms with van der Waals surface area (Å²) >= 11 is 0. The summed E-state index contributed by atoms with van der Waals surface area (Å²) in [5, 5.41) is 12.8. The molecule has 3 aromatic carbocycles. The molecule has 4 aromatic rings. The van der Waals surface area contributed by atoms with Crippen LogP contribution in [0.3, 0.4) is 0 Å². The first kappa shape index (κ1) is 24.7. The third-order valence-electron chi connectivity index (χ3n) is 5.30. The smallest absolute Gasteiger partial charge is 0.416 e. The van der Waals surface area contributed by atoms with E-state index >= 15 is 0 Å². The molecule has 0 bridgehead atoms. The molecule has 36 heavy (non-hydrogen) atoms. The zero-order chi connectivity index (χ0) is 25.7. The van der Waals surface area contributed by atoms with E-state index in [9.17, 15) is 18.3 Å². The number of para-hydroxylation sites is 1. The van der Waals surface area contributed by atoms with Crippen molar-refractivity contribution >= 4 is 50.4 Å². The highest BCUT2D eigenvalue weighted by Gasteiger charge is 2.17. The van der Waals surface area contributed by atoms with E-state index in [0.717, 1.165) is 5.69 Å². The minimum atomic E-state index is -3.15. The standard InChI is InChI=1S/C26H25N5O4S/c1-30(21-11-13-23(14-12-21)31(26(32)33)22-9-4-3-5-10-22)24-15-16-27-25(29-24)28-20-8-6-7-19(17-20)18-36(2,34)35/h3-17H,18H2,1-2H3,(H,32,33)(H,27,28,29). The molecule has 0 saturated carbocycles. The van der Waals surface area contributed by atoms with Gasteiger partial charge < -0.3 is 15.3 Å². The maximum atomic E-state index is 11.9. The molecular formula is C26H25N5O4S.